The summed E-state index contributed by atoms with van der Waals surface area (Å²) >= 11 is 3.52. The smallest absolute Gasteiger partial charge is 0.164 e. The van der Waals surface area contributed by atoms with Crippen molar-refractivity contribution < 1.29 is 14.9 Å². The first-order valence-electron chi connectivity index (χ1n) is 14.9. The Bertz CT molecular complexity index is 1570. The highest BCUT2D eigenvalue weighted by atomic mass is 79.9. The van der Waals surface area contributed by atoms with Gasteiger partial charge in [-0.2, -0.15) is 0 Å². The van der Waals surface area contributed by atoms with Crippen LogP contribution in [0.5, 0.6) is 0 Å². The maximum Gasteiger partial charge on any atom is 0.164 e. The number of aromatic nitrogens is 5. The number of benzene rings is 1. The minimum Gasteiger partial charge on any atom is -0.387 e. The molecule has 1 saturated heterocycles. The zero-order chi connectivity index (χ0) is 29.9. The van der Waals surface area contributed by atoms with Crippen LogP contribution in [0.2, 0.25) is 0 Å². The standard InChI is InChI=1S/C31H42BrN7O3/c1-16(2)38(14-23-26(40)27(41)30(42-23)39-13-20(32)25-28(33)34-15-35-29(25)39)19-10-17(11-19)6-9-24-36-21-8-7-18(31(3,4)5)12-22(21)37-24/h7-8,12-13,15-17,19,23,26-27,30,40-41H,6,9-11,14H2,1-5H3,(H,36,37)(H2,33,34,35)/t17?,19?,23-,26-,27-,30-/m1/s1. The summed E-state index contributed by atoms with van der Waals surface area (Å²) in [5, 5.41) is 22.7. The number of nitrogens with one attached hydrogen (secondary N) is 1. The van der Waals surface area contributed by atoms with E-state index in [1.807, 2.05) is 0 Å². The van der Waals surface area contributed by atoms with Crippen LogP contribution in [0.4, 0.5) is 5.82 Å². The van der Waals surface area contributed by atoms with Gasteiger partial charge < -0.3 is 30.2 Å². The van der Waals surface area contributed by atoms with E-state index in [0.29, 0.717) is 39.8 Å². The number of hydrogen-bond donors (Lipinski definition) is 4. The van der Waals surface area contributed by atoms with Crippen molar-refractivity contribution in [2.45, 2.75) is 102 Å². The Kier molecular flexibility index (Phi) is 7.84. The van der Waals surface area contributed by atoms with E-state index in [2.05, 4.69) is 88.6 Å². The maximum absolute atomic E-state index is 11.0. The van der Waals surface area contributed by atoms with Crippen molar-refractivity contribution in [1.29, 1.82) is 0 Å². The number of aliphatic hydroxyl groups is 2. The monoisotopic (exact) mass is 639 g/mol. The number of aryl methyl sites for hydroxylation is 1. The fourth-order valence-corrected chi connectivity index (χ4v) is 7.15. The summed E-state index contributed by atoms with van der Waals surface area (Å²) in [7, 11) is 0. The van der Waals surface area contributed by atoms with E-state index in [-0.39, 0.29) is 11.5 Å². The van der Waals surface area contributed by atoms with Crippen LogP contribution in [0.25, 0.3) is 22.1 Å². The van der Waals surface area contributed by atoms with Gasteiger partial charge in [0.15, 0.2) is 6.23 Å². The highest BCUT2D eigenvalue weighted by Crippen LogP contribution is 2.40. The Hall–Kier alpha value is -2.57. The van der Waals surface area contributed by atoms with E-state index >= 15 is 0 Å². The SMILES string of the molecule is CC(C)N(C[C@H]1O[C@@H](n2cc(Br)c3c(N)ncnc32)[C@H](O)[C@@H]1O)C1CC(CCc2nc3cc(C(C)(C)C)ccc3[nH]2)C1. The summed E-state index contributed by atoms with van der Waals surface area (Å²) in [5.74, 6) is 2.03. The molecule has 1 aliphatic carbocycles. The number of ether oxygens (including phenoxy) is 1. The summed E-state index contributed by atoms with van der Waals surface area (Å²) in [5.41, 5.74) is 10.1. The van der Waals surface area contributed by atoms with Crippen molar-refractivity contribution in [2.75, 3.05) is 12.3 Å². The third-order valence-corrected chi connectivity index (χ3v) is 9.73. The first-order chi connectivity index (χ1) is 19.9. The molecule has 10 nitrogen and oxygen atoms in total. The molecule has 6 rings (SSSR count). The van der Waals surface area contributed by atoms with E-state index in [0.717, 1.165) is 42.5 Å². The second-order valence-electron chi connectivity index (χ2n) is 13.4. The molecule has 3 aromatic heterocycles. The Labute approximate surface area is 254 Å². The van der Waals surface area contributed by atoms with Crippen LogP contribution in [0.1, 0.15) is 71.5 Å². The topological polar surface area (TPSA) is 138 Å². The summed E-state index contributed by atoms with van der Waals surface area (Å²) < 4.78 is 8.75. The first-order valence-corrected chi connectivity index (χ1v) is 15.7. The number of nitrogens with zero attached hydrogens (tertiary/aromatic N) is 5. The normalized spacial score (nSPS) is 26.6. The molecule has 42 heavy (non-hydrogen) atoms. The molecule has 11 heteroatoms. The van der Waals surface area contributed by atoms with Gasteiger partial charge in [0.2, 0.25) is 0 Å². The van der Waals surface area contributed by atoms with Crippen molar-refractivity contribution in [2.24, 2.45) is 5.92 Å². The summed E-state index contributed by atoms with van der Waals surface area (Å²) in [6, 6.07) is 7.24. The predicted octanol–water partition coefficient (Wildman–Crippen LogP) is 4.69. The molecule has 0 unspecified atom stereocenters. The molecule has 0 radical (unpaired) electrons. The fourth-order valence-electron chi connectivity index (χ4n) is 6.55. The van der Waals surface area contributed by atoms with Gasteiger partial charge in [0, 0.05) is 35.7 Å². The number of aliphatic hydroxyl groups excluding tert-OH is 2. The molecule has 4 aromatic rings. The molecular formula is C31H42BrN7O3. The highest BCUT2D eigenvalue weighted by molar-refractivity contribution is 9.10. The van der Waals surface area contributed by atoms with Gasteiger partial charge in [-0.05, 0) is 78.1 Å². The number of halogens is 1. The van der Waals surface area contributed by atoms with E-state index in [9.17, 15) is 10.2 Å². The zero-order valence-electron chi connectivity index (χ0n) is 25.0. The Balaban J connectivity index is 1.07. The van der Waals surface area contributed by atoms with Gasteiger partial charge in [-0.25, -0.2) is 15.0 Å². The van der Waals surface area contributed by atoms with E-state index < -0.39 is 24.5 Å². The second kappa shape index (κ2) is 11.2. The Morgan fingerprint density at radius 2 is 1.95 bits per heavy atom. The molecule has 0 bridgehead atoms. The van der Waals surface area contributed by atoms with Crippen molar-refractivity contribution in [3.8, 4) is 0 Å². The predicted molar refractivity (Wildman–Crippen MR) is 167 cm³/mol. The van der Waals surface area contributed by atoms with Gasteiger partial charge in [0.1, 0.15) is 41.9 Å². The lowest BCUT2D eigenvalue weighted by molar-refractivity contribution is -0.0619. The number of fused-ring (bicyclic) bond motifs is 2. The molecule has 1 saturated carbocycles. The number of imidazole rings is 1. The fraction of sp³-hybridized carbons (Fsp3) is 0.581. The molecule has 1 aromatic carbocycles. The molecule has 4 atom stereocenters. The zero-order valence-corrected chi connectivity index (χ0v) is 26.5. The largest absolute Gasteiger partial charge is 0.387 e. The van der Waals surface area contributed by atoms with Gasteiger partial charge in [-0.3, -0.25) is 4.90 Å². The van der Waals surface area contributed by atoms with Crippen LogP contribution in [0.3, 0.4) is 0 Å². The molecule has 2 aliphatic rings. The average molecular weight is 641 g/mol. The van der Waals surface area contributed by atoms with E-state index in [1.165, 1.54) is 11.9 Å². The van der Waals surface area contributed by atoms with Gasteiger partial charge in [-0.1, -0.05) is 26.8 Å². The molecule has 5 N–H and O–H groups in total. The summed E-state index contributed by atoms with van der Waals surface area (Å²) in [6.45, 7) is 11.6. The number of nitrogens with two attached hydrogens (primary N) is 1. The van der Waals surface area contributed by atoms with Crippen molar-refractivity contribution >= 4 is 43.8 Å². The minimum absolute atomic E-state index is 0.104. The molecule has 0 spiro atoms. The van der Waals surface area contributed by atoms with Crippen LogP contribution in [-0.2, 0) is 16.6 Å². The van der Waals surface area contributed by atoms with Gasteiger partial charge in [-0.15, -0.1) is 0 Å². The number of hydrogen-bond acceptors (Lipinski definition) is 8. The van der Waals surface area contributed by atoms with Gasteiger partial charge in [0.25, 0.3) is 0 Å². The number of anilines is 1. The number of aromatic amines is 1. The Morgan fingerprint density at radius 3 is 2.67 bits per heavy atom. The summed E-state index contributed by atoms with van der Waals surface area (Å²) in [4.78, 5) is 19.2. The molecule has 226 valence electrons. The quantitative estimate of drug-likeness (QED) is 0.218. The number of nitrogen functional groups attached to an aromatic ring is 1. The van der Waals surface area contributed by atoms with Crippen LogP contribution >= 0.6 is 15.9 Å². The minimum atomic E-state index is -1.10. The lowest BCUT2D eigenvalue weighted by Gasteiger charge is -2.46. The van der Waals surface area contributed by atoms with Crippen LogP contribution in [0, 0.1) is 5.92 Å². The van der Waals surface area contributed by atoms with Crippen molar-refractivity contribution in [1.82, 2.24) is 29.4 Å². The van der Waals surface area contributed by atoms with Gasteiger partial charge >= 0.3 is 0 Å². The average Bonchev–Trinajstić information content (AvgIpc) is 3.55. The lowest BCUT2D eigenvalue weighted by atomic mass is 9.76. The van der Waals surface area contributed by atoms with Crippen LogP contribution in [0.15, 0.2) is 35.2 Å². The second-order valence-corrected chi connectivity index (χ2v) is 14.2. The molecule has 1 aliphatic heterocycles. The highest BCUT2D eigenvalue weighted by Gasteiger charge is 2.46. The first kappa shape index (κ1) is 29.5. The van der Waals surface area contributed by atoms with Crippen molar-refractivity contribution in [3.63, 3.8) is 0 Å². The van der Waals surface area contributed by atoms with E-state index in [4.69, 9.17) is 15.5 Å². The third-order valence-electron chi connectivity index (χ3n) is 9.13. The Morgan fingerprint density at radius 1 is 1.19 bits per heavy atom. The molecule has 2 fully saturated rings. The lowest BCUT2D eigenvalue weighted by Crippen LogP contribution is -2.52. The van der Waals surface area contributed by atoms with Gasteiger partial charge in [0.05, 0.1) is 16.4 Å². The van der Waals surface area contributed by atoms with Crippen LogP contribution in [-0.4, -0.2) is 76.6 Å². The summed E-state index contributed by atoms with van der Waals surface area (Å²) in [6.07, 6.45) is 3.98. The van der Waals surface area contributed by atoms with Crippen molar-refractivity contribution in [3.05, 3.63) is 46.6 Å². The molecular weight excluding hydrogens is 598 g/mol. The number of H-pyrrole nitrogens is 1. The number of rotatable bonds is 8. The molecule has 0 amide bonds. The van der Waals surface area contributed by atoms with Crippen LogP contribution < -0.4 is 5.73 Å². The molecule has 4 heterocycles. The maximum atomic E-state index is 11.0. The van der Waals surface area contributed by atoms with E-state index in [1.54, 1.807) is 10.8 Å². The third kappa shape index (κ3) is 5.45.